The maximum atomic E-state index is 11.7. The first-order chi connectivity index (χ1) is 7.15. The van der Waals surface area contributed by atoms with E-state index in [1.165, 1.54) is 24.7 Å². The van der Waals surface area contributed by atoms with Crippen molar-refractivity contribution in [2.75, 3.05) is 33.4 Å². The molecule has 0 aromatic heterocycles. The summed E-state index contributed by atoms with van der Waals surface area (Å²) in [4.78, 5) is 0. The molecule has 0 saturated carbocycles. The molecular formula is C8H18N2O4S2. The molecule has 1 aliphatic rings. The fourth-order valence-electron chi connectivity index (χ4n) is 1.72. The third-order valence-electron chi connectivity index (χ3n) is 2.79. The van der Waals surface area contributed by atoms with Gasteiger partial charge in [0.25, 0.3) is 10.2 Å². The van der Waals surface area contributed by atoms with Gasteiger partial charge in [-0.25, -0.2) is 8.42 Å². The Hall–Kier alpha value is -0.180. The maximum absolute atomic E-state index is 11.7. The van der Waals surface area contributed by atoms with E-state index in [2.05, 4.69) is 0 Å². The summed E-state index contributed by atoms with van der Waals surface area (Å²) in [5.41, 5.74) is 0. The van der Waals surface area contributed by atoms with Gasteiger partial charge < -0.3 is 0 Å². The number of rotatable bonds is 3. The smallest absolute Gasteiger partial charge is 0.229 e. The zero-order valence-electron chi connectivity index (χ0n) is 9.75. The molecule has 0 unspecified atom stereocenters. The van der Waals surface area contributed by atoms with Crippen molar-refractivity contribution in [2.24, 2.45) is 0 Å². The molecule has 1 fully saturated rings. The van der Waals surface area contributed by atoms with Gasteiger partial charge in [-0.3, -0.25) is 0 Å². The van der Waals surface area contributed by atoms with Crippen molar-refractivity contribution in [1.29, 1.82) is 0 Å². The van der Waals surface area contributed by atoms with Gasteiger partial charge in [0.05, 0.1) is 5.25 Å². The van der Waals surface area contributed by atoms with Crippen molar-refractivity contribution in [1.82, 2.24) is 8.61 Å². The van der Waals surface area contributed by atoms with Crippen molar-refractivity contribution in [3.63, 3.8) is 0 Å². The Morgan fingerprint density at radius 2 is 1.50 bits per heavy atom. The highest BCUT2D eigenvalue weighted by Crippen LogP contribution is 2.20. The fraction of sp³-hybridized carbons (Fsp3) is 1.00. The van der Waals surface area contributed by atoms with Crippen LogP contribution in [0.1, 0.15) is 12.8 Å². The van der Waals surface area contributed by atoms with Crippen molar-refractivity contribution >= 4 is 20.0 Å². The molecule has 16 heavy (non-hydrogen) atoms. The third-order valence-corrected chi connectivity index (χ3v) is 6.42. The van der Waals surface area contributed by atoms with Gasteiger partial charge in [-0.2, -0.15) is 17.0 Å². The minimum atomic E-state index is -3.40. The fourth-order valence-corrected chi connectivity index (χ4v) is 3.92. The number of hydrogen-bond donors (Lipinski definition) is 0. The monoisotopic (exact) mass is 270 g/mol. The summed E-state index contributed by atoms with van der Waals surface area (Å²) >= 11 is 0. The quantitative estimate of drug-likeness (QED) is 0.680. The lowest BCUT2D eigenvalue weighted by Gasteiger charge is -2.31. The van der Waals surface area contributed by atoms with E-state index in [4.69, 9.17) is 0 Å². The van der Waals surface area contributed by atoms with Crippen LogP contribution in [-0.2, 0) is 20.0 Å². The minimum Gasteiger partial charge on any atom is -0.229 e. The molecule has 1 aliphatic heterocycles. The van der Waals surface area contributed by atoms with E-state index in [1.54, 1.807) is 0 Å². The van der Waals surface area contributed by atoms with Gasteiger partial charge in [-0.05, 0) is 12.8 Å². The summed E-state index contributed by atoms with van der Waals surface area (Å²) in [6, 6.07) is 0. The van der Waals surface area contributed by atoms with E-state index >= 15 is 0 Å². The molecule has 6 nitrogen and oxygen atoms in total. The predicted molar refractivity (Wildman–Crippen MR) is 62.0 cm³/mol. The Balaban J connectivity index is 2.70. The summed E-state index contributed by atoms with van der Waals surface area (Å²) in [5.74, 6) is 0. The lowest BCUT2D eigenvalue weighted by molar-refractivity contribution is 0.324. The Bertz CT molecular complexity index is 433. The molecule has 1 heterocycles. The molecule has 0 bridgehead atoms. The molecule has 0 spiro atoms. The van der Waals surface area contributed by atoms with Crippen LogP contribution in [-0.4, -0.2) is 64.1 Å². The molecule has 96 valence electrons. The van der Waals surface area contributed by atoms with E-state index in [0.717, 1.165) is 4.31 Å². The van der Waals surface area contributed by atoms with Gasteiger partial charge in [0.15, 0.2) is 0 Å². The number of hydrogen-bond acceptors (Lipinski definition) is 4. The van der Waals surface area contributed by atoms with E-state index in [-0.39, 0.29) is 13.1 Å². The lowest BCUT2D eigenvalue weighted by Crippen LogP contribution is -2.46. The summed E-state index contributed by atoms with van der Waals surface area (Å²) in [6.45, 7) is 0.552. The molecule has 0 aliphatic carbocycles. The van der Waals surface area contributed by atoms with Crippen LogP contribution in [0.2, 0.25) is 0 Å². The summed E-state index contributed by atoms with van der Waals surface area (Å²) in [6.07, 6.45) is 1.96. The Labute approximate surface area is 97.3 Å². The molecule has 0 radical (unpaired) electrons. The summed E-state index contributed by atoms with van der Waals surface area (Å²) in [7, 11) is -3.51. The highest BCUT2D eigenvalue weighted by atomic mass is 32.2. The van der Waals surface area contributed by atoms with Crippen LogP contribution in [0, 0.1) is 0 Å². The van der Waals surface area contributed by atoms with Gasteiger partial charge >= 0.3 is 0 Å². The van der Waals surface area contributed by atoms with Gasteiger partial charge in [-0.15, -0.1) is 0 Å². The van der Waals surface area contributed by atoms with Crippen molar-refractivity contribution in [3.05, 3.63) is 0 Å². The first-order valence-corrected chi connectivity index (χ1v) is 8.37. The van der Waals surface area contributed by atoms with Crippen LogP contribution in [0.4, 0.5) is 0 Å². The number of nitrogens with zero attached hydrogens (tertiary/aromatic N) is 2. The molecule has 0 aromatic rings. The minimum absolute atomic E-state index is 0.276. The van der Waals surface area contributed by atoms with E-state index < -0.39 is 25.3 Å². The number of piperidine rings is 1. The zero-order valence-corrected chi connectivity index (χ0v) is 11.4. The second-order valence-electron chi connectivity index (χ2n) is 4.22. The van der Waals surface area contributed by atoms with Gasteiger partial charge in [0.2, 0.25) is 0 Å². The molecule has 8 heteroatoms. The lowest BCUT2D eigenvalue weighted by atomic mass is 10.2. The molecular weight excluding hydrogens is 252 g/mol. The number of sulfone groups is 1. The van der Waals surface area contributed by atoms with Crippen LogP contribution in [0.5, 0.6) is 0 Å². The normalized spacial score (nSPS) is 21.5. The average molecular weight is 270 g/mol. The topological polar surface area (TPSA) is 74.8 Å². The van der Waals surface area contributed by atoms with Crippen LogP contribution >= 0.6 is 0 Å². The van der Waals surface area contributed by atoms with Gasteiger partial charge in [0, 0.05) is 33.4 Å². The van der Waals surface area contributed by atoms with Crippen molar-refractivity contribution < 1.29 is 16.8 Å². The van der Waals surface area contributed by atoms with Crippen LogP contribution in [0.3, 0.4) is 0 Å². The molecule has 1 rings (SSSR count). The Morgan fingerprint density at radius 3 is 1.81 bits per heavy atom. The van der Waals surface area contributed by atoms with Crippen molar-refractivity contribution in [2.45, 2.75) is 18.1 Å². The van der Waals surface area contributed by atoms with E-state index in [1.807, 2.05) is 0 Å². The third kappa shape index (κ3) is 2.93. The zero-order chi connectivity index (χ0) is 12.6. The van der Waals surface area contributed by atoms with Crippen molar-refractivity contribution in [3.8, 4) is 0 Å². The second-order valence-corrected chi connectivity index (χ2v) is 8.69. The SMILES string of the molecule is CN(C)S(=O)(=O)N1CCC(S(C)(=O)=O)CC1. The highest BCUT2D eigenvalue weighted by Gasteiger charge is 2.32. The molecule has 1 saturated heterocycles. The first kappa shape index (κ1) is 13.9. The molecule has 0 aromatic carbocycles. The first-order valence-electron chi connectivity index (χ1n) is 5.02. The molecule has 0 amide bonds. The molecule has 0 atom stereocenters. The standard InChI is InChI=1S/C8H18N2O4S2/c1-9(2)16(13,14)10-6-4-8(5-7-10)15(3,11)12/h8H,4-7H2,1-3H3. The Morgan fingerprint density at radius 1 is 1.06 bits per heavy atom. The van der Waals surface area contributed by atoms with Crippen LogP contribution in [0.15, 0.2) is 0 Å². The van der Waals surface area contributed by atoms with Gasteiger partial charge in [-0.1, -0.05) is 0 Å². The van der Waals surface area contributed by atoms with Gasteiger partial charge in [0.1, 0.15) is 9.84 Å². The molecule has 0 N–H and O–H groups in total. The summed E-state index contributed by atoms with van der Waals surface area (Å²) < 4.78 is 48.6. The van der Waals surface area contributed by atoms with Crippen LogP contribution in [0.25, 0.3) is 0 Å². The van der Waals surface area contributed by atoms with E-state index in [9.17, 15) is 16.8 Å². The highest BCUT2D eigenvalue weighted by molar-refractivity contribution is 7.91. The summed E-state index contributed by atoms with van der Waals surface area (Å²) in [5, 5.41) is -0.402. The van der Waals surface area contributed by atoms with E-state index in [0.29, 0.717) is 12.8 Å². The second kappa shape index (κ2) is 4.59. The maximum Gasteiger partial charge on any atom is 0.281 e. The Kier molecular flexibility index (Phi) is 3.99. The largest absolute Gasteiger partial charge is 0.281 e. The van der Waals surface area contributed by atoms with Crippen LogP contribution < -0.4 is 0 Å². The average Bonchev–Trinajstić information content (AvgIpc) is 2.16. The predicted octanol–water partition coefficient (Wildman–Crippen LogP) is -0.698.